The van der Waals surface area contributed by atoms with Crippen molar-refractivity contribution in [2.75, 3.05) is 19.6 Å². The fourth-order valence-corrected chi connectivity index (χ4v) is 2.09. The predicted octanol–water partition coefficient (Wildman–Crippen LogP) is -1.11. The number of aliphatic carboxylic acids is 1. The van der Waals surface area contributed by atoms with Gasteiger partial charge in [-0.3, -0.25) is 9.69 Å². The number of carboxylic acid groups (broad SMARTS) is 1. The Labute approximate surface area is 100 Å². The standard InChI is InChI=1S/C11H21NO5/c1-2-3-4-12-5-7(11(16)17)9(14)10(15)8(13)6-12/h7-10,13-15H,2-6H2,1H3,(H,16,17)/t7-,8+,9-,10-/m1/s1. The Morgan fingerprint density at radius 3 is 2.41 bits per heavy atom. The van der Waals surface area contributed by atoms with Crippen molar-refractivity contribution in [1.29, 1.82) is 0 Å². The number of carbonyl (C=O) groups is 1. The molecule has 0 saturated carbocycles. The number of carboxylic acids is 1. The Morgan fingerprint density at radius 1 is 1.24 bits per heavy atom. The van der Waals surface area contributed by atoms with E-state index in [0.717, 1.165) is 12.8 Å². The zero-order chi connectivity index (χ0) is 13.0. The molecule has 0 radical (unpaired) electrons. The number of likely N-dealkylation sites (tertiary alicyclic amines) is 1. The molecule has 6 heteroatoms. The van der Waals surface area contributed by atoms with E-state index < -0.39 is 30.2 Å². The minimum atomic E-state index is -1.42. The second-order valence-electron chi connectivity index (χ2n) is 4.61. The molecular weight excluding hydrogens is 226 g/mol. The van der Waals surface area contributed by atoms with Crippen LogP contribution in [0, 0.1) is 5.92 Å². The molecule has 4 atom stereocenters. The van der Waals surface area contributed by atoms with E-state index in [1.807, 2.05) is 6.92 Å². The zero-order valence-electron chi connectivity index (χ0n) is 9.99. The quantitative estimate of drug-likeness (QED) is 0.502. The fourth-order valence-electron chi connectivity index (χ4n) is 2.09. The maximum Gasteiger partial charge on any atom is 0.310 e. The van der Waals surface area contributed by atoms with Crippen LogP contribution >= 0.6 is 0 Å². The lowest BCUT2D eigenvalue weighted by Gasteiger charge is -2.23. The average Bonchev–Trinajstić information content (AvgIpc) is 2.38. The third-order valence-corrected chi connectivity index (χ3v) is 3.20. The second-order valence-corrected chi connectivity index (χ2v) is 4.61. The van der Waals surface area contributed by atoms with Gasteiger partial charge in [0.15, 0.2) is 0 Å². The van der Waals surface area contributed by atoms with Crippen molar-refractivity contribution in [2.24, 2.45) is 5.92 Å². The minimum absolute atomic E-state index is 0.157. The third kappa shape index (κ3) is 3.64. The summed E-state index contributed by atoms with van der Waals surface area (Å²) in [6.07, 6.45) is -2.07. The Bertz CT molecular complexity index is 260. The largest absolute Gasteiger partial charge is 0.481 e. The van der Waals surface area contributed by atoms with Crippen LogP contribution in [-0.4, -0.2) is 69.2 Å². The highest BCUT2D eigenvalue weighted by molar-refractivity contribution is 5.71. The molecule has 0 aromatic carbocycles. The summed E-state index contributed by atoms with van der Waals surface area (Å²) in [6, 6.07) is 0. The summed E-state index contributed by atoms with van der Waals surface area (Å²) < 4.78 is 0. The van der Waals surface area contributed by atoms with Gasteiger partial charge in [-0.05, 0) is 13.0 Å². The van der Waals surface area contributed by atoms with Gasteiger partial charge in [-0.1, -0.05) is 13.3 Å². The lowest BCUT2D eigenvalue weighted by atomic mass is 9.97. The van der Waals surface area contributed by atoms with Crippen LogP contribution in [0.25, 0.3) is 0 Å². The number of aliphatic hydroxyl groups is 3. The third-order valence-electron chi connectivity index (χ3n) is 3.20. The summed E-state index contributed by atoms with van der Waals surface area (Å²) in [5.74, 6) is -2.20. The topological polar surface area (TPSA) is 101 Å². The van der Waals surface area contributed by atoms with Gasteiger partial charge < -0.3 is 20.4 Å². The minimum Gasteiger partial charge on any atom is -0.481 e. The molecule has 6 nitrogen and oxygen atoms in total. The zero-order valence-corrected chi connectivity index (χ0v) is 9.99. The molecule has 0 aromatic heterocycles. The molecule has 1 heterocycles. The fraction of sp³-hybridized carbons (Fsp3) is 0.909. The van der Waals surface area contributed by atoms with Gasteiger partial charge in [0.25, 0.3) is 0 Å². The Hall–Kier alpha value is -0.690. The lowest BCUT2D eigenvalue weighted by molar-refractivity contribution is -0.150. The molecule has 1 aliphatic rings. The molecule has 0 spiro atoms. The summed E-state index contributed by atoms with van der Waals surface area (Å²) in [4.78, 5) is 12.8. The molecule has 1 fully saturated rings. The lowest BCUT2D eigenvalue weighted by Crippen LogP contribution is -2.43. The van der Waals surface area contributed by atoms with Crippen molar-refractivity contribution < 1.29 is 25.2 Å². The van der Waals surface area contributed by atoms with Crippen molar-refractivity contribution in [3.05, 3.63) is 0 Å². The van der Waals surface area contributed by atoms with Crippen LogP contribution in [0.5, 0.6) is 0 Å². The molecule has 17 heavy (non-hydrogen) atoms. The van der Waals surface area contributed by atoms with Gasteiger partial charge in [0.1, 0.15) is 6.10 Å². The molecule has 0 amide bonds. The molecule has 100 valence electrons. The van der Waals surface area contributed by atoms with Gasteiger partial charge in [-0.2, -0.15) is 0 Å². The van der Waals surface area contributed by atoms with E-state index in [1.54, 1.807) is 4.90 Å². The van der Waals surface area contributed by atoms with Gasteiger partial charge >= 0.3 is 5.97 Å². The van der Waals surface area contributed by atoms with Gasteiger partial charge in [-0.25, -0.2) is 0 Å². The van der Waals surface area contributed by atoms with Crippen molar-refractivity contribution in [1.82, 2.24) is 4.90 Å². The smallest absolute Gasteiger partial charge is 0.310 e. The first-order chi connectivity index (χ1) is 7.97. The van der Waals surface area contributed by atoms with Crippen molar-refractivity contribution in [2.45, 2.75) is 38.1 Å². The van der Waals surface area contributed by atoms with Crippen LogP contribution in [0.1, 0.15) is 19.8 Å². The Kier molecular flexibility index (Phi) is 5.32. The van der Waals surface area contributed by atoms with E-state index in [9.17, 15) is 20.1 Å². The van der Waals surface area contributed by atoms with E-state index in [1.165, 1.54) is 0 Å². The normalized spacial score (nSPS) is 35.5. The summed E-state index contributed by atoms with van der Waals surface area (Å²) in [7, 11) is 0. The number of aliphatic hydroxyl groups excluding tert-OH is 3. The SMILES string of the molecule is CCCCN1C[C@H](O)[C@@H](O)[C@H](O)[C@H](C(=O)O)C1. The van der Waals surface area contributed by atoms with E-state index in [0.29, 0.717) is 6.54 Å². The molecule has 1 rings (SSSR count). The maximum absolute atomic E-state index is 11.0. The maximum atomic E-state index is 11.0. The highest BCUT2D eigenvalue weighted by Gasteiger charge is 2.40. The predicted molar refractivity (Wildman–Crippen MR) is 60.5 cm³/mol. The number of nitrogens with zero attached hydrogens (tertiary/aromatic N) is 1. The van der Waals surface area contributed by atoms with Crippen molar-refractivity contribution in [3.8, 4) is 0 Å². The summed E-state index contributed by atoms with van der Waals surface area (Å²) in [6.45, 7) is 3.04. The highest BCUT2D eigenvalue weighted by atomic mass is 16.4. The number of hydrogen-bond donors (Lipinski definition) is 4. The summed E-state index contributed by atoms with van der Waals surface area (Å²) in [5, 5.41) is 37.9. The molecular formula is C11H21NO5. The Balaban J connectivity index is 2.74. The molecule has 0 aromatic rings. The first kappa shape index (κ1) is 14.4. The first-order valence-corrected chi connectivity index (χ1v) is 5.96. The van der Waals surface area contributed by atoms with Crippen LogP contribution in [0.3, 0.4) is 0 Å². The average molecular weight is 247 g/mol. The van der Waals surface area contributed by atoms with Crippen LogP contribution in [0.2, 0.25) is 0 Å². The monoisotopic (exact) mass is 247 g/mol. The van der Waals surface area contributed by atoms with Crippen LogP contribution < -0.4 is 0 Å². The molecule has 0 unspecified atom stereocenters. The molecule has 4 N–H and O–H groups in total. The van der Waals surface area contributed by atoms with E-state index in [2.05, 4.69) is 0 Å². The van der Waals surface area contributed by atoms with Crippen molar-refractivity contribution in [3.63, 3.8) is 0 Å². The number of rotatable bonds is 4. The van der Waals surface area contributed by atoms with Gasteiger partial charge in [-0.15, -0.1) is 0 Å². The molecule has 0 aliphatic carbocycles. The van der Waals surface area contributed by atoms with E-state index >= 15 is 0 Å². The molecule has 1 saturated heterocycles. The Morgan fingerprint density at radius 2 is 1.88 bits per heavy atom. The van der Waals surface area contributed by atoms with Gasteiger partial charge in [0.2, 0.25) is 0 Å². The molecule has 0 bridgehead atoms. The van der Waals surface area contributed by atoms with E-state index in [-0.39, 0.29) is 13.1 Å². The molecule has 1 aliphatic heterocycles. The first-order valence-electron chi connectivity index (χ1n) is 5.96. The van der Waals surface area contributed by atoms with E-state index in [4.69, 9.17) is 5.11 Å². The van der Waals surface area contributed by atoms with Crippen LogP contribution in [0.4, 0.5) is 0 Å². The van der Waals surface area contributed by atoms with Crippen LogP contribution in [-0.2, 0) is 4.79 Å². The number of hydrogen-bond acceptors (Lipinski definition) is 5. The summed E-state index contributed by atoms with van der Waals surface area (Å²) in [5.41, 5.74) is 0. The highest BCUT2D eigenvalue weighted by Crippen LogP contribution is 2.19. The summed E-state index contributed by atoms with van der Waals surface area (Å²) >= 11 is 0. The van der Waals surface area contributed by atoms with Crippen molar-refractivity contribution >= 4 is 5.97 Å². The number of β-amino-alcohol motifs (C(OH)–C–C–N with tert-alkyl or cyclic N) is 1. The van der Waals surface area contributed by atoms with Crippen LogP contribution in [0.15, 0.2) is 0 Å². The second kappa shape index (κ2) is 6.30. The van der Waals surface area contributed by atoms with Gasteiger partial charge in [0, 0.05) is 13.1 Å². The van der Waals surface area contributed by atoms with Gasteiger partial charge in [0.05, 0.1) is 18.1 Å². The number of unbranched alkanes of at least 4 members (excludes halogenated alkanes) is 1.